The average molecular weight is 373 g/mol. The van der Waals surface area contributed by atoms with Gasteiger partial charge in [-0.25, -0.2) is 10.9 Å². The zero-order valence-electron chi connectivity index (χ0n) is 15.7. The molecule has 2 N–H and O–H groups in total. The highest BCUT2D eigenvalue weighted by Crippen LogP contribution is 2.31. The molecule has 2 fully saturated rings. The van der Waals surface area contributed by atoms with Gasteiger partial charge in [0.25, 0.3) is 0 Å². The van der Waals surface area contributed by atoms with Crippen LogP contribution < -0.4 is 15.6 Å². The molecule has 0 aromatic heterocycles. The quantitative estimate of drug-likeness (QED) is 0.775. The standard InChI is InChI=1S/C20H27N3O4/c1-26-19(24)10-13-4-7-23(8-5-13)20(25)17-12-16(21-22-17)14-2-3-18-15(11-14)6-9-27-18/h2-3,11,13,16-17,21-22H,4-10,12H2,1H3. The molecule has 2 atom stereocenters. The molecule has 27 heavy (non-hydrogen) atoms. The van der Waals surface area contributed by atoms with Gasteiger partial charge in [0.15, 0.2) is 0 Å². The number of nitrogens with zero attached hydrogens (tertiary/aromatic N) is 1. The van der Waals surface area contributed by atoms with Gasteiger partial charge in [0.2, 0.25) is 5.91 Å². The van der Waals surface area contributed by atoms with Crippen LogP contribution in [0.3, 0.4) is 0 Å². The predicted octanol–water partition coefficient (Wildman–Crippen LogP) is 1.33. The van der Waals surface area contributed by atoms with E-state index in [1.54, 1.807) is 0 Å². The van der Waals surface area contributed by atoms with E-state index in [-0.39, 0.29) is 24.0 Å². The Morgan fingerprint density at radius 3 is 2.85 bits per heavy atom. The number of methoxy groups -OCH3 is 1. The summed E-state index contributed by atoms with van der Waals surface area (Å²) < 4.78 is 10.3. The van der Waals surface area contributed by atoms with E-state index in [1.807, 2.05) is 11.0 Å². The van der Waals surface area contributed by atoms with E-state index in [9.17, 15) is 9.59 Å². The molecule has 146 valence electrons. The molecular formula is C20H27N3O4. The molecule has 1 aromatic carbocycles. The molecule has 4 rings (SSSR count). The molecule has 0 aliphatic carbocycles. The number of esters is 1. The monoisotopic (exact) mass is 373 g/mol. The van der Waals surface area contributed by atoms with E-state index < -0.39 is 0 Å². The summed E-state index contributed by atoms with van der Waals surface area (Å²) in [5.74, 6) is 1.28. The first-order valence-electron chi connectivity index (χ1n) is 9.76. The van der Waals surface area contributed by atoms with Crippen molar-refractivity contribution in [3.05, 3.63) is 29.3 Å². The molecule has 3 heterocycles. The maximum absolute atomic E-state index is 12.9. The largest absolute Gasteiger partial charge is 0.493 e. The summed E-state index contributed by atoms with van der Waals surface area (Å²) >= 11 is 0. The van der Waals surface area contributed by atoms with Gasteiger partial charge in [-0.15, -0.1) is 0 Å². The highest BCUT2D eigenvalue weighted by Gasteiger charge is 2.35. The van der Waals surface area contributed by atoms with Crippen LogP contribution in [0.4, 0.5) is 0 Å². The lowest BCUT2D eigenvalue weighted by atomic mass is 9.93. The van der Waals surface area contributed by atoms with Gasteiger partial charge < -0.3 is 14.4 Å². The molecule has 7 heteroatoms. The topological polar surface area (TPSA) is 79.9 Å². The minimum Gasteiger partial charge on any atom is -0.493 e. The number of fused-ring (bicyclic) bond motifs is 1. The summed E-state index contributed by atoms with van der Waals surface area (Å²) in [7, 11) is 1.42. The molecule has 2 unspecified atom stereocenters. The fourth-order valence-electron chi connectivity index (χ4n) is 4.26. The van der Waals surface area contributed by atoms with Crippen LogP contribution in [-0.2, 0) is 20.7 Å². The van der Waals surface area contributed by atoms with Crippen LogP contribution in [0.2, 0.25) is 0 Å². The van der Waals surface area contributed by atoms with Crippen molar-refractivity contribution < 1.29 is 19.1 Å². The van der Waals surface area contributed by atoms with E-state index >= 15 is 0 Å². The SMILES string of the molecule is COC(=O)CC1CCN(C(=O)C2CC(c3ccc4c(c3)CCO4)NN2)CC1. The molecule has 0 bridgehead atoms. The van der Waals surface area contributed by atoms with E-state index in [0.29, 0.717) is 25.4 Å². The van der Waals surface area contributed by atoms with E-state index in [4.69, 9.17) is 9.47 Å². The van der Waals surface area contributed by atoms with Crippen LogP contribution in [-0.4, -0.2) is 49.6 Å². The van der Waals surface area contributed by atoms with Crippen LogP contribution in [0.1, 0.15) is 42.9 Å². The van der Waals surface area contributed by atoms with Crippen LogP contribution in [0.15, 0.2) is 18.2 Å². The van der Waals surface area contributed by atoms with Crippen LogP contribution in [0.5, 0.6) is 5.75 Å². The summed E-state index contributed by atoms with van der Waals surface area (Å²) in [4.78, 5) is 26.2. The fraction of sp³-hybridized carbons (Fsp3) is 0.600. The summed E-state index contributed by atoms with van der Waals surface area (Å²) in [5.41, 5.74) is 8.89. The smallest absolute Gasteiger partial charge is 0.305 e. The van der Waals surface area contributed by atoms with Gasteiger partial charge >= 0.3 is 5.97 Å². The predicted molar refractivity (Wildman–Crippen MR) is 99.0 cm³/mol. The minimum absolute atomic E-state index is 0.127. The van der Waals surface area contributed by atoms with Gasteiger partial charge in [0.1, 0.15) is 11.8 Å². The number of hydrogen-bond acceptors (Lipinski definition) is 6. The number of amides is 1. The molecule has 7 nitrogen and oxygen atoms in total. The number of hydrogen-bond donors (Lipinski definition) is 2. The second kappa shape index (κ2) is 7.86. The number of rotatable bonds is 4. The Labute approximate surface area is 159 Å². The number of nitrogens with one attached hydrogen (secondary N) is 2. The number of carbonyl (C=O) groups excluding carboxylic acids is 2. The Morgan fingerprint density at radius 2 is 2.07 bits per heavy atom. The van der Waals surface area contributed by atoms with Crippen molar-refractivity contribution in [2.45, 2.75) is 44.2 Å². The first-order chi connectivity index (χ1) is 13.1. The Morgan fingerprint density at radius 1 is 1.26 bits per heavy atom. The normalized spacial score (nSPS) is 25.1. The molecule has 0 spiro atoms. The summed E-state index contributed by atoms with van der Waals surface area (Å²) in [6.07, 6.45) is 3.85. The lowest BCUT2D eigenvalue weighted by Gasteiger charge is -2.33. The Kier molecular flexibility index (Phi) is 5.31. The summed E-state index contributed by atoms with van der Waals surface area (Å²) in [6.45, 7) is 2.17. The van der Waals surface area contributed by atoms with Crippen molar-refractivity contribution in [2.75, 3.05) is 26.8 Å². The number of ether oxygens (including phenoxy) is 2. The third-order valence-electron chi connectivity index (χ3n) is 5.93. The number of benzene rings is 1. The molecular weight excluding hydrogens is 346 g/mol. The maximum atomic E-state index is 12.9. The molecule has 1 aromatic rings. The molecule has 1 amide bonds. The number of likely N-dealkylation sites (tertiary alicyclic amines) is 1. The Balaban J connectivity index is 1.30. The van der Waals surface area contributed by atoms with Gasteiger partial charge in [-0.1, -0.05) is 12.1 Å². The average Bonchev–Trinajstić information content (AvgIpc) is 3.36. The van der Waals surface area contributed by atoms with Gasteiger partial charge in [-0.2, -0.15) is 0 Å². The van der Waals surface area contributed by atoms with Crippen LogP contribution >= 0.6 is 0 Å². The third-order valence-corrected chi connectivity index (χ3v) is 5.93. The molecule has 3 aliphatic rings. The number of carbonyl (C=O) groups is 2. The Hall–Kier alpha value is -2.12. The fourth-order valence-corrected chi connectivity index (χ4v) is 4.26. The van der Waals surface area contributed by atoms with Crippen molar-refractivity contribution in [3.63, 3.8) is 0 Å². The molecule has 0 radical (unpaired) electrons. The lowest BCUT2D eigenvalue weighted by Crippen LogP contribution is -2.48. The maximum Gasteiger partial charge on any atom is 0.305 e. The minimum atomic E-state index is -0.211. The van der Waals surface area contributed by atoms with Gasteiger partial charge in [0.05, 0.1) is 13.7 Å². The summed E-state index contributed by atoms with van der Waals surface area (Å²) in [5, 5.41) is 0. The lowest BCUT2D eigenvalue weighted by molar-refractivity contribution is -0.142. The molecule has 0 saturated carbocycles. The van der Waals surface area contributed by atoms with Gasteiger partial charge in [-0.3, -0.25) is 9.59 Å². The molecule has 2 saturated heterocycles. The van der Waals surface area contributed by atoms with E-state index in [2.05, 4.69) is 23.0 Å². The number of piperidine rings is 1. The Bertz CT molecular complexity index is 715. The van der Waals surface area contributed by atoms with Crippen molar-refractivity contribution >= 4 is 11.9 Å². The first kappa shape index (κ1) is 18.3. The number of hydrazine groups is 1. The highest BCUT2D eigenvalue weighted by molar-refractivity contribution is 5.82. The zero-order chi connectivity index (χ0) is 18.8. The van der Waals surface area contributed by atoms with Gasteiger partial charge in [-0.05, 0) is 42.4 Å². The van der Waals surface area contributed by atoms with Crippen molar-refractivity contribution in [2.24, 2.45) is 5.92 Å². The van der Waals surface area contributed by atoms with Gasteiger partial charge in [0, 0.05) is 32.0 Å². The van der Waals surface area contributed by atoms with Crippen molar-refractivity contribution in [1.29, 1.82) is 0 Å². The second-order valence-corrected chi connectivity index (χ2v) is 7.64. The third kappa shape index (κ3) is 3.94. The highest BCUT2D eigenvalue weighted by atomic mass is 16.5. The van der Waals surface area contributed by atoms with Crippen LogP contribution in [0.25, 0.3) is 0 Å². The van der Waals surface area contributed by atoms with E-state index in [1.165, 1.54) is 18.2 Å². The zero-order valence-corrected chi connectivity index (χ0v) is 15.7. The van der Waals surface area contributed by atoms with Crippen LogP contribution in [0, 0.1) is 5.92 Å². The van der Waals surface area contributed by atoms with E-state index in [0.717, 1.165) is 38.0 Å². The van der Waals surface area contributed by atoms with Crippen molar-refractivity contribution in [1.82, 2.24) is 15.8 Å². The summed E-state index contributed by atoms with van der Waals surface area (Å²) in [6, 6.07) is 6.21. The molecule has 3 aliphatic heterocycles. The van der Waals surface area contributed by atoms with Crippen molar-refractivity contribution in [3.8, 4) is 5.75 Å². The first-order valence-corrected chi connectivity index (χ1v) is 9.76. The second-order valence-electron chi connectivity index (χ2n) is 7.64.